The van der Waals surface area contributed by atoms with Crippen molar-refractivity contribution in [1.82, 2.24) is 0 Å². The molecule has 4 rings (SSSR count). The molecular formula is C24H39NO2. The zero-order valence-electron chi connectivity index (χ0n) is 17.5. The maximum atomic E-state index is 13.3. The Labute approximate surface area is 165 Å². The fourth-order valence-electron chi connectivity index (χ4n) is 7.91. The zero-order valence-corrected chi connectivity index (χ0v) is 17.5. The molecule has 2 unspecified atom stereocenters. The summed E-state index contributed by atoms with van der Waals surface area (Å²) in [6.45, 7) is 5.45. The number of fused-ring (bicyclic) bond motifs is 5. The topological polar surface area (TPSA) is 60.2 Å². The molecule has 0 radical (unpaired) electrons. The fraction of sp³-hybridized carbons (Fsp3) is 0.917. The van der Waals surface area contributed by atoms with Gasteiger partial charge in [-0.3, -0.25) is 9.59 Å². The zero-order chi connectivity index (χ0) is 19.2. The van der Waals surface area contributed by atoms with E-state index < -0.39 is 0 Å². The standard InChI is InChI=1S/C24H39NO2/c1-23-11-9-16(6-4-3-5-13-25)14-20(23)21(26)15-17-18-7-8-22(27)24(18,2)12-10-19(17)23/h16-20H,3-15,25H2,1-2H3/t16?,17-,18-,19+,20?,23+,24-/m0/s1. The summed E-state index contributed by atoms with van der Waals surface area (Å²) in [5, 5.41) is 0. The molecule has 152 valence electrons. The number of carbonyl (C=O) groups is 2. The van der Waals surface area contributed by atoms with E-state index in [1.54, 1.807) is 0 Å². The molecule has 7 atom stereocenters. The first kappa shape index (κ1) is 19.6. The van der Waals surface area contributed by atoms with E-state index in [1.807, 2.05) is 0 Å². The van der Waals surface area contributed by atoms with Gasteiger partial charge in [0.05, 0.1) is 0 Å². The van der Waals surface area contributed by atoms with Crippen LogP contribution in [0, 0.1) is 40.4 Å². The number of carbonyl (C=O) groups excluding carboxylic acids is 2. The third kappa shape index (κ3) is 3.12. The van der Waals surface area contributed by atoms with Crippen LogP contribution in [-0.4, -0.2) is 18.1 Å². The van der Waals surface area contributed by atoms with Crippen LogP contribution in [0.15, 0.2) is 0 Å². The van der Waals surface area contributed by atoms with Crippen LogP contribution in [0.25, 0.3) is 0 Å². The number of nitrogens with two attached hydrogens (primary N) is 1. The molecule has 0 amide bonds. The number of hydrogen-bond donors (Lipinski definition) is 1. The Morgan fingerprint density at radius 3 is 2.59 bits per heavy atom. The molecule has 0 heterocycles. The highest BCUT2D eigenvalue weighted by Crippen LogP contribution is 2.65. The van der Waals surface area contributed by atoms with Gasteiger partial charge in [-0.1, -0.05) is 33.1 Å². The Hall–Kier alpha value is -0.700. The molecule has 0 aliphatic heterocycles. The third-order valence-corrected chi connectivity index (χ3v) is 9.59. The molecule has 0 saturated heterocycles. The maximum Gasteiger partial charge on any atom is 0.139 e. The van der Waals surface area contributed by atoms with Gasteiger partial charge in [0, 0.05) is 24.2 Å². The molecule has 0 bridgehead atoms. The van der Waals surface area contributed by atoms with Crippen molar-refractivity contribution in [2.75, 3.05) is 6.54 Å². The van der Waals surface area contributed by atoms with Gasteiger partial charge >= 0.3 is 0 Å². The molecule has 0 aromatic rings. The second-order valence-electron chi connectivity index (χ2n) is 10.8. The normalized spacial score (nSPS) is 46.7. The summed E-state index contributed by atoms with van der Waals surface area (Å²) in [7, 11) is 0. The molecule has 4 saturated carbocycles. The van der Waals surface area contributed by atoms with Crippen LogP contribution in [0.1, 0.15) is 90.9 Å². The number of unbranched alkanes of at least 4 members (excludes halogenated alkanes) is 2. The lowest BCUT2D eigenvalue weighted by molar-refractivity contribution is -0.158. The lowest BCUT2D eigenvalue weighted by atomic mass is 9.44. The Balaban J connectivity index is 1.48. The molecular weight excluding hydrogens is 334 g/mol. The number of ketones is 2. The van der Waals surface area contributed by atoms with Gasteiger partial charge in [0.1, 0.15) is 11.6 Å². The minimum Gasteiger partial charge on any atom is -0.330 e. The quantitative estimate of drug-likeness (QED) is 0.696. The summed E-state index contributed by atoms with van der Waals surface area (Å²) < 4.78 is 0. The van der Waals surface area contributed by atoms with Crippen LogP contribution >= 0.6 is 0 Å². The van der Waals surface area contributed by atoms with Gasteiger partial charge in [-0.25, -0.2) is 0 Å². The highest BCUT2D eigenvalue weighted by Gasteiger charge is 2.62. The predicted molar refractivity (Wildman–Crippen MR) is 108 cm³/mol. The summed E-state index contributed by atoms with van der Waals surface area (Å²) in [4.78, 5) is 25.8. The van der Waals surface area contributed by atoms with Crippen molar-refractivity contribution in [3.63, 3.8) is 0 Å². The van der Waals surface area contributed by atoms with Gasteiger partial charge in [-0.2, -0.15) is 0 Å². The Morgan fingerprint density at radius 1 is 1.00 bits per heavy atom. The molecule has 2 N–H and O–H groups in total. The Kier molecular flexibility index (Phi) is 5.29. The lowest BCUT2D eigenvalue weighted by Crippen LogP contribution is -2.56. The van der Waals surface area contributed by atoms with E-state index in [9.17, 15) is 9.59 Å². The molecule has 27 heavy (non-hydrogen) atoms. The lowest BCUT2D eigenvalue weighted by Gasteiger charge is -2.59. The van der Waals surface area contributed by atoms with Crippen LogP contribution in [-0.2, 0) is 9.59 Å². The third-order valence-electron chi connectivity index (χ3n) is 9.59. The number of hydrogen-bond acceptors (Lipinski definition) is 3. The monoisotopic (exact) mass is 373 g/mol. The van der Waals surface area contributed by atoms with Crippen molar-refractivity contribution in [3.05, 3.63) is 0 Å². The van der Waals surface area contributed by atoms with Crippen molar-refractivity contribution in [1.29, 1.82) is 0 Å². The van der Waals surface area contributed by atoms with E-state index in [0.29, 0.717) is 29.3 Å². The van der Waals surface area contributed by atoms with Crippen LogP contribution in [0.3, 0.4) is 0 Å². The minimum absolute atomic E-state index is 0.120. The molecule has 0 aromatic carbocycles. The van der Waals surface area contributed by atoms with Gasteiger partial charge in [-0.15, -0.1) is 0 Å². The minimum atomic E-state index is -0.120. The first-order chi connectivity index (χ1) is 12.9. The molecule has 4 fully saturated rings. The van der Waals surface area contributed by atoms with Crippen LogP contribution < -0.4 is 5.73 Å². The van der Waals surface area contributed by atoms with Crippen LogP contribution in [0.5, 0.6) is 0 Å². The molecule has 0 aromatic heterocycles. The highest BCUT2D eigenvalue weighted by molar-refractivity contribution is 5.88. The first-order valence-corrected chi connectivity index (χ1v) is 11.7. The summed E-state index contributed by atoms with van der Waals surface area (Å²) >= 11 is 0. The summed E-state index contributed by atoms with van der Waals surface area (Å²) in [5.74, 6) is 3.66. The van der Waals surface area contributed by atoms with Gasteiger partial charge < -0.3 is 5.73 Å². The van der Waals surface area contributed by atoms with Gasteiger partial charge in [0.15, 0.2) is 0 Å². The van der Waals surface area contributed by atoms with E-state index in [-0.39, 0.29) is 16.7 Å². The Morgan fingerprint density at radius 2 is 1.81 bits per heavy atom. The van der Waals surface area contributed by atoms with Crippen molar-refractivity contribution < 1.29 is 9.59 Å². The van der Waals surface area contributed by atoms with Gasteiger partial charge in [-0.05, 0) is 80.6 Å². The van der Waals surface area contributed by atoms with E-state index in [2.05, 4.69) is 13.8 Å². The summed E-state index contributed by atoms with van der Waals surface area (Å²) in [6.07, 6.45) is 13.4. The van der Waals surface area contributed by atoms with E-state index in [0.717, 1.165) is 51.0 Å². The van der Waals surface area contributed by atoms with E-state index in [4.69, 9.17) is 5.73 Å². The van der Waals surface area contributed by atoms with Crippen molar-refractivity contribution in [3.8, 4) is 0 Å². The van der Waals surface area contributed by atoms with Crippen molar-refractivity contribution in [2.24, 2.45) is 46.2 Å². The molecule has 0 spiro atoms. The summed E-state index contributed by atoms with van der Waals surface area (Å²) in [6, 6.07) is 0. The molecule has 4 aliphatic rings. The number of Topliss-reactive ketones (excluding diaryl/α,β-unsaturated/α-hetero) is 2. The van der Waals surface area contributed by atoms with Gasteiger partial charge in [0.25, 0.3) is 0 Å². The van der Waals surface area contributed by atoms with Crippen molar-refractivity contribution >= 4 is 11.6 Å². The van der Waals surface area contributed by atoms with Crippen molar-refractivity contribution in [2.45, 2.75) is 90.9 Å². The molecule has 4 aliphatic carbocycles. The second kappa shape index (κ2) is 7.28. The highest BCUT2D eigenvalue weighted by atomic mass is 16.1. The fourth-order valence-corrected chi connectivity index (χ4v) is 7.91. The van der Waals surface area contributed by atoms with E-state index in [1.165, 1.54) is 38.5 Å². The largest absolute Gasteiger partial charge is 0.330 e. The summed E-state index contributed by atoms with van der Waals surface area (Å²) in [5.41, 5.74) is 5.70. The Bertz CT molecular complexity index is 601. The second-order valence-corrected chi connectivity index (χ2v) is 10.8. The van der Waals surface area contributed by atoms with Gasteiger partial charge in [0.2, 0.25) is 0 Å². The average molecular weight is 374 g/mol. The smallest absolute Gasteiger partial charge is 0.139 e. The average Bonchev–Trinajstić information content (AvgIpc) is 2.95. The van der Waals surface area contributed by atoms with Crippen LogP contribution in [0.4, 0.5) is 0 Å². The number of rotatable bonds is 5. The SMILES string of the molecule is C[C@]12CCC(CCCCCN)CC1C(=O)C[C@@H]1[C@H]2CC[C@]2(C)C(=O)CC[C@@H]12. The maximum absolute atomic E-state index is 13.3. The molecule has 3 heteroatoms. The van der Waals surface area contributed by atoms with Crippen LogP contribution in [0.2, 0.25) is 0 Å². The first-order valence-electron chi connectivity index (χ1n) is 11.7. The van der Waals surface area contributed by atoms with E-state index >= 15 is 0 Å². The predicted octanol–water partition coefficient (Wildman–Crippen LogP) is 4.91. The molecule has 3 nitrogen and oxygen atoms in total.